The van der Waals surface area contributed by atoms with Gasteiger partial charge in [-0.2, -0.15) is 0 Å². The zero-order valence-electron chi connectivity index (χ0n) is 12.4. The summed E-state index contributed by atoms with van der Waals surface area (Å²) in [4.78, 5) is 0. The van der Waals surface area contributed by atoms with Crippen molar-refractivity contribution in [3.63, 3.8) is 0 Å². The van der Waals surface area contributed by atoms with Crippen molar-refractivity contribution in [3.05, 3.63) is 65.2 Å². The average molecular weight is 303 g/mol. The topological polar surface area (TPSA) is 52.3 Å². The van der Waals surface area contributed by atoms with Crippen molar-refractivity contribution in [3.8, 4) is 5.75 Å². The minimum atomic E-state index is -0.976. The predicted octanol–water partition coefficient (Wildman–Crippen LogP) is 3.16. The van der Waals surface area contributed by atoms with Gasteiger partial charge in [0.15, 0.2) is 0 Å². The van der Waals surface area contributed by atoms with Gasteiger partial charge in [0, 0.05) is 28.2 Å². The summed E-state index contributed by atoms with van der Waals surface area (Å²) in [6.07, 6.45) is 0. The maximum absolute atomic E-state index is 12.4. The second kappa shape index (κ2) is 7.38. The maximum Gasteiger partial charge on any atom is 0.123 e. The van der Waals surface area contributed by atoms with Gasteiger partial charge in [-0.05, 0) is 30.2 Å². The quantitative estimate of drug-likeness (QED) is 0.892. The van der Waals surface area contributed by atoms with E-state index in [0.717, 1.165) is 22.4 Å². The lowest BCUT2D eigenvalue weighted by Gasteiger charge is -2.12. The summed E-state index contributed by atoms with van der Waals surface area (Å²) in [5.74, 6) is 1.78. The number of methoxy groups -OCH3 is 1. The third-order valence-electron chi connectivity index (χ3n) is 3.32. The molecule has 0 amide bonds. The van der Waals surface area contributed by atoms with Crippen LogP contribution in [-0.2, 0) is 22.3 Å². The fourth-order valence-electron chi connectivity index (χ4n) is 2.18. The van der Waals surface area contributed by atoms with Crippen LogP contribution in [-0.4, -0.2) is 11.3 Å². The fraction of sp³-hybridized carbons (Fsp3) is 0.294. The fourth-order valence-corrected chi connectivity index (χ4v) is 3.42. The molecule has 4 heteroatoms. The summed E-state index contributed by atoms with van der Waals surface area (Å²) in [6, 6.07) is 15.7. The van der Waals surface area contributed by atoms with Gasteiger partial charge in [0.05, 0.1) is 12.9 Å². The van der Waals surface area contributed by atoms with Crippen LogP contribution in [0.25, 0.3) is 0 Å². The van der Waals surface area contributed by atoms with E-state index in [9.17, 15) is 4.21 Å². The first-order valence-electron chi connectivity index (χ1n) is 6.91. The van der Waals surface area contributed by atoms with Gasteiger partial charge in [0.25, 0.3) is 0 Å². The van der Waals surface area contributed by atoms with E-state index in [2.05, 4.69) is 0 Å². The molecule has 0 saturated carbocycles. The Balaban J connectivity index is 2.14. The Morgan fingerprint density at radius 3 is 2.48 bits per heavy atom. The van der Waals surface area contributed by atoms with E-state index in [0.29, 0.717) is 11.5 Å². The first kappa shape index (κ1) is 15.7. The van der Waals surface area contributed by atoms with Crippen LogP contribution < -0.4 is 10.5 Å². The lowest BCUT2D eigenvalue weighted by atomic mass is 10.1. The molecule has 2 aromatic carbocycles. The lowest BCUT2D eigenvalue weighted by molar-refractivity contribution is 0.411. The van der Waals surface area contributed by atoms with Crippen molar-refractivity contribution in [2.45, 2.75) is 24.5 Å². The number of nitrogens with two attached hydrogens (primary N) is 1. The van der Waals surface area contributed by atoms with Gasteiger partial charge >= 0.3 is 0 Å². The van der Waals surface area contributed by atoms with Crippen LogP contribution in [0.4, 0.5) is 0 Å². The van der Waals surface area contributed by atoms with E-state index >= 15 is 0 Å². The molecule has 3 nitrogen and oxygen atoms in total. The van der Waals surface area contributed by atoms with Crippen molar-refractivity contribution in [1.82, 2.24) is 0 Å². The number of ether oxygens (including phenoxy) is 1. The number of rotatable bonds is 6. The summed E-state index contributed by atoms with van der Waals surface area (Å²) in [6.45, 7) is 1.94. The molecule has 2 N–H and O–H groups in total. The molecule has 112 valence electrons. The molecule has 21 heavy (non-hydrogen) atoms. The Hall–Kier alpha value is -1.65. The molecule has 0 spiro atoms. The molecule has 2 rings (SSSR count). The summed E-state index contributed by atoms with van der Waals surface area (Å²) in [5.41, 5.74) is 8.97. The molecular formula is C17H21NO2S. The van der Waals surface area contributed by atoms with Crippen molar-refractivity contribution >= 4 is 10.8 Å². The van der Waals surface area contributed by atoms with E-state index in [4.69, 9.17) is 10.5 Å². The molecule has 0 aliphatic heterocycles. The number of hydrogen-bond donors (Lipinski definition) is 1. The molecule has 2 atom stereocenters. The summed E-state index contributed by atoms with van der Waals surface area (Å²) >= 11 is 0. The molecule has 0 aromatic heterocycles. The number of benzene rings is 2. The molecule has 0 radical (unpaired) electrons. The van der Waals surface area contributed by atoms with Crippen LogP contribution in [0.1, 0.15) is 29.7 Å². The highest BCUT2D eigenvalue weighted by atomic mass is 32.2. The second-order valence-corrected chi connectivity index (χ2v) is 6.53. The Morgan fingerprint density at radius 1 is 1.14 bits per heavy atom. The normalized spacial score (nSPS) is 13.7. The highest BCUT2D eigenvalue weighted by molar-refractivity contribution is 7.83. The largest absolute Gasteiger partial charge is 0.496 e. The third kappa shape index (κ3) is 4.41. The molecule has 0 aliphatic rings. The van der Waals surface area contributed by atoms with Gasteiger partial charge < -0.3 is 10.5 Å². The Morgan fingerprint density at radius 2 is 1.86 bits per heavy atom. The van der Waals surface area contributed by atoms with E-state index in [1.165, 1.54) is 0 Å². The molecule has 2 aromatic rings. The summed E-state index contributed by atoms with van der Waals surface area (Å²) in [7, 11) is 0.653. The van der Waals surface area contributed by atoms with Gasteiger partial charge in [-0.1, -0.05) is 36.4 Å². The van der Waals surface area contributed by atoms with Gasteiger partial charge in [-0.25, -0.2) is 0 Å². The van der Waals surface area contributed by atoms with Gasteiger partial charge in [-0.15, -0.1) is 0 Å². The standard InChI is InChI=1S/C17H21NO2S/c1-13(18)15-8-9-17(20-2)16(10-15)12-21(19)11-14-6-4-3-5-7-14/h3-10,13H,11-12,18H2,1-2H3. The van der Waals surface area contributed by atoms with Gasteiger partial charge in [0.2, 0.25) is 0 Å². The van der Waals surface area contributed by atoms with E-state index in [-0.39, 0.29) is 6.04 Å². The molecule has 0 fully saturated rings. The molecule has 0 saturated heterocycles. The van der Waals surface area contributed by atoms with Crippen LogP contribution in [0.15, 0.2) is 48.5 Å². The Bertz CT molecular complexity index is 611. The highest BCUT2D eigenvalue weighted by Crippen LogP contribution is 2.24. The second-order valence-electron chi connectivity index (χ2n) is 5.07. The molecule has 0 heterocycles. The number of hydrogen-bond acceptors (Lipinski definition) is 3. The van der Waals surface area contributed by atoms with Crippen LogP contribution in [0, 0.1) is 0 Å². The smallest absolute Gasteiger partial charge is 0.123 e. The first-order valence-corrected chi connectivity index (χ1v) is 8.40. The first-order chi connectivity index (χ1) is 10.1. The Labute approximate surface area is 128 Å². The minimum absolute atomic E-state index is 0.0442. The monoisotopic (exact) mass is 303 g/mol. The van der Waals surface area contributed by atoms with Crippen molar-refractivity contribution in [1.29, 1.82) is 0 Å². The van der Waals surface area contributed by atoms with Gasteiger partial charge in [-0.3, -0.25) is 4.21 Å². The molecule has 0 bridgehead atoms. The molecule has 2 unspecified atom stereocenters. The SMILES string of the molecule is COc1ccc(C(C)N)cc1CS(=O)Cc1ccccc1. The van der Waals surface area contributed by atoms with Crippen LogP contribution in [0.5, 0.6) is 5.75 Å². The van der Waals surface area contributed by atoms with E-state index < -0.39 is 10.8 Å². The van der Waals surface area contributed by atoms with Crippen LogP contribution in [0.3, 0.4) is 0 Å². The predicted molar refractivity (Wildman–Crippen MR) is 87.6 cm³/mol. The average Bonchev–Trinajstić information content (AvgIpc) is 2.48. The summed E-state index contributed by atoms with van der Waals surface area (Å²) in [5, 5.41) is 0. The van der Waals surface area contributed by atoms with Gasteiger partial charge in [0.1, 0.15) is 5.75 Å². The van der Waals surface area contributed by atoms with Crippen LogP contribution >= 0.6 is 0 Å². The summed E-state index contributed by atoms with van der Waals surface area (Å²) < 4.78 is 17.7. The Kier molecular flexibility index (Phi) is 5.53. The van der Waals surface area contributed by atoms with E-state index in [1.54, 1.807) is 7.11 Å². The highest BCUT2D eigenvalue weighted by Gasteiger charge is 2.11. The minimum Gasteiger partial charge on any atom is -0.496 e. The van der Waals surface area contributed by atoms with Crippen molar-refractivity contribution in [2.24, 2.45) is 5.73 Å². The zero-order valence-corrected chi connectivity index (χ0v) is 13.2. The van der Waals surface area contributed by atoms with Crippen molar-refractivity contribution < 1.29 is 8.95 Å². The maximum atomic E-state index is 12.4. The van der Waals surface area contributed by atoms with E-state index in [1.807, 2.05) is 55.5 Å². The zero-order chi connectivity index (χ0) is 15.2. The van der Waals surface area contributed by atoms with Crippen molar-refractivity contribution in [2.75, 3.05) is 7.11 Å². The van der Waals surface area contributed by atoms with Crippen LogP contribution in [0.2, 0.25) is 0 Å². The molecular weight excluding hydrogens is 282 g/mol. The lowest BCUT2D eigenvalue weighted by Crippen LogP contribution is -2.07. The third-order valence-corrected chi connectivity index (χ3v) is 4.61. The molecule has 0 aliphatic carbocycles.